The SMILES string of the molecule is Cc1cc(Nc2nc(-c3cncnc3)cc3cc[nH]c(=O)c23)ccc1C1CCN(C)CC1. The topological polar surface area (TPSA) is 86.8 Å². The van der Waals surface area contributed by atoms with Gasteiger partial charge in [-0.1, -0.05) is 6.07 Å². The van der Waals surface area contributed by atoms with Crippen molar-refractivity contribution in [3.05, 3.63) is 76.7 Å². The molecular formula is C25H26N6O. The zero-order valence-corrected chi connectivity index (χ0v) is 18.3. The molecule has 3 aromatic heterocycles. The predicted molar refractivity (Wildman–Crippen MR) is 127 cm³/mol. The Morgan fingerprint density at radius 1 is 1.09 bits per heavy atom. The first-order chi connectivity index (χ1) is 15.6. The molecule has 1 aliphatic heterocycles. The average molecular weight is 427 g/mol. The quantitative estimate of drug-likeness (QED) is 0.508. The zero-order chi connectivity index (χ0) is 22.1. The van der Waals surface area contributed by atoms with Crippen molar-refractivity contribution in [3.8, 4) is 11.3 Å². The van der Waals surface area contributed by atoms with Crippen LogP contribution in [-0.2, 0) is 0 Å². The second-order valence-corrected chi connectivity index (χ2v) is 8.53. The van der Waals surface area contributed by atoms with Gasteiger partial charge in [-0.2, -0.15) is 0 Å². The van der Waals surface area contributed by atoms with Crippen molar-refractivity contribution in [1.29, 1.82) is 0 Å². The molecule has 0 radical (unpaired) electrons. The van der Waals surface area contributed by atoms with E-state index in [1.54, 1.807) is 18.6 Å². The molecule has 32 heavy (non-hydrogen) atoms. The van der Waals surface area contributed by atoms with Crippen molar-refractivity contribution >= 4 is 22.3 Å². The van der Waals surface area contributed by atoms with Crippen LogP contribution in [-0.4, -0.2) is 45.0 Å². The Bertz CT molecular complexity index is 1310. The largest absolute Gasteiger partial charge is 0.340 e. The van der Waals surface area contributed by atoms with Gasteiger partial charge in [0, 0.05) is 29.8 Å². The molecule has 4 heterocycles. The van der Waals surface area contributed by atoms with Gasteiger partial charge in [-0.15, -0.1) is 0 Å². The number of likely N-dealkylation sites (tertiary alicyclic amines) is 1. The van der Waals surface area contributed by atoms with Gasteiger partial charge >= 0.3 is 0 Å². The molecule has 0 atom stereocenters. The third-order valence-corrected chi connectivity index (χ3v) is 6.30. The summed E-state index contributed by atoms with van der Waals surface area (Å²) in [6.45, 7) is 4.44. The minimum absolute atomic E-state index is 0.173. The lowest BCUT2D eigenvalue weighted by Gasteiger charge is -2.30. The lowest BCUT2D eigenvalue weighted by atomic mass is 9.87. The number of hydrogen-bond donors (Lipinski definition) is 2. The van der Waals surface area contributed by atoms with Crippen molar-refractivity contribution < 1.29 is 0 Å². The predicted octanol–water partition coefficient (Wildman–Crippen LogP) is 4.24. The molecule has 5 rings (SSSR count). The van der Waals surface area contributed by atoms with Crippen molar-refractivity contribution in [1.82, 2.24) is 24.8 Å². The minimum Gasteiger partial charge on any atom is -0.340 e. The molecule has 0 unspecified atom stereocenters. The molecule has 0 spiro atoms. The molecule has 0 bridgehead atoms. The third kappa shape index (κ3) is 3.99. The van der Waals surface area contributed by atoms with E-state index in [0.717, 1.165) is 29.7 Å². The van der Waals surface area contributed by atoms with Gasteiger partial charge in [-0.05, 0) is 86.6 Å². The summed E-state index contributed by atoms with van der Waals surface area (Å²) in [5.41, 5.74) is 4.92. The first-order valence-electron chi connectivity index (χ1n) is 10.9. The highest BCUT2D eigenvalue weighted by Gasteiger charge is 2.20. The first kappa shape index (κ1) is 20.3. The first-order valence-corrected chi connectivity index (χ1v) is 10.9. The molecule has 1 saturated heterocycles. The number of nitrogens with zero attached hydrogens (tertiary/aromatic N) is 4. The smallest absolute Gasteiger partial charge is 0.259 e. The number of fused-ring (bicyclic) bond motifs is 1. The second-order valence-electron chi connectivity index (χ2n) is 8.53. The number of H-pyrrole nitrogens is 1. The van der Waals surface area contributed by atoms with E-state index < -0.39 is 0 Å². The van der Waals surface area contributed by atoms with Gasteiger partial charge < -0.3 is 15.2 Å². The van der Waals surface area contributed by atoms with Crippen LogP contribution in [0.5, 0.6) is 0 Å². The standard InChI is InChI=1S/C25H26N6O/c1-16-11-20(3-4-21(16)17-6-9-31(2)10-7-17)29-24-23-18(5-8-28-25(23)32)12-22(30-24)19-13-26-15-27-14-19/h3-5,8,11-15,17H,6-7,9-10H2,1-2H3,(H,28,32)(H,29,30). The van der Waals surface area contributed by atoms with Gasteiger partial charge in [0.25, 0.3) is 5.56 Å². The summed E-state index contributed by atoms with van der Waals surface area (Å²) < 4.78 is 0. The monoisotopic (exact) mass is 426 g/mol. The number of aryl methyl sites for hydroxylation is 1. The molecule has 4 aromatic rings. The van der Waals surface area contributed by atoms with E-state index in [1.807, 2.05) is 12.1 Å². The number of aromatic nitrogens is 4. The lowest BCUT2D eigenvalue weighted by Crippen LogP contribution is -2.29. The average Bonchev–Trinajstić information content (AvgIpc) is 2.80. The Morgan fingerprint density at radius 2 is 1.88 bits per heavy atom. The fourth-order valence-electron chi connectivity index (χ4n) is 4.55. The second kappa shape index (κ2) is 8.51. The summed E-state index contributed by atoms with van der Waals surface area (Å²) in [6, 6.07) is 10.2. The maximum absolute atomic E-state index is 12.6. The van der Waals surface area contributed by atoms with Gasteiger partial charge in [0.2, 0.25) is 0 Å². The van der Waals surface area contributed by atoms with Crippen molar-refractivity contribution in [3.63, 3.8) is 0 Å². The van der Waals surface area contributed by atoms with Crippen LogP contribution in [0.1, 0.15) is 29.9 Å². The zero-order valence-electron chi connectivity index (χ0n) is 18.3. The summed E-state index contributed by atoms with van der Waals surface area (Å²) >= 11 is 0. The maximum Gasteiger partial charge on any atom is 0.259 e. The molecule has 1 fully saturated rings. The number of anilines is 2. The van der Waals surface area contributed by atoms with E-state index in [4.69, 9.17) is 4.98 Å². The Kier molecular flexibility index (Phi) is 5.41. The van der Waals surface area contributed by atoms with E-state index >= 15 is 0 Å². The van der Waals surface area contributed by atoms with E-state index in [9.17, 15) is 4.79 Å². The van der Waals surface area contributed by atoms with Gasteiger partial charge in [0.1, 0.15) is 12.1 Å². The van der Waals surface area contributed by atoms with E-state index in [1.165, 1.54) is 30.3 Å². The number of rotatable bonds is 4. The maximum atomic E-state index is 12.6. The third-order valence-electron chi connectivity index (χ3n) is 6.30. The van der Waals surface area contributed by atoms with Crippen LogP contribution in [0.15, 0.2) is 60.0 Å². The lowest BCUT2D eigenvalue weighted by molar-refractivity contribution is 0.255. The number of benzene rings is 1. The molecule has 0 amide bonds. The van der Waals surface area contributed by atoms with Crippen molar-refractivity contribution in [2.75, 3.05) is 25.5 Å². The number of pyridine rings is 2. The number of aromatic amines is 1. The summed E-state index contributed by atoms with van der Waals surface area (Å²) in [5, 5.41) is 4.74. The number of hydrogen-bond acceptors (Lipinski definition) is 6. The molecule has 0 saturated carbocycles. The van der Waals surface area contributed by atoms with Gasteiger partial charge in [0.05, 0.1) is 11.1 Å². The molecule has 7 heteroatoms. The van der Waals surface area contributed by atoms with Gasteiger partial charge in [-0.3, -0.25) is 4.79 Å². The molecule has 162 valence electrons. The molecule has 2 N–H and O–H groups in total. The van der Waals surface area contributed by atoms with Crippen molar-refractivity contribution in [2.45, 2.75) is 25.7 Å². The highest BCUT2D eigenvalue weighted by atomic mass is 16.1. The van der Waals surface area contributed by atoms with Crippen LogP contribution in [0.4, 0.5) is 11.5 Å². The summed E-state index contributed by atoms with van der Waals surface area (Å²) in [5.74, 6) is 1.12. The van der Waals surface area contributed by atoms with Crippen LogP contribution in [0.25, 0.3) is 22.0 Å². The Balaban J connectivity index is 1.52. The Hall–Kier alpha value is -3.58. The normalized spacial score (nSPS) is 15.2. The van der Waals surface area contributed by atoms with Crippen LogP contribution >= 0.6 is 0 Å². The van der Waals surface area contributed by atoms with Crippen molar-refractivity contribution in [2.24, 2.45) is 0 Å². The number of piperidine rings is 1. The fourth-order valence-corrected chi connectivity index (χ4v) is 4.55. The molecule has 1 aromatic carbocycles. The van der Waals surface area contributed by atoms with E-state index in [2.05, 4.69) is 57.3 Å². The Labute approximate surface area is 186 Å². The molecule has 1 aliphatic rings. The fraction of sp³-hybridized carbons (Fsp3) is 0.280. The minimum atomic E-state index is -0.173. The van der Waals surface area contributed by atoms with Crippen LogP contribution in [0.2, 0.25) is 0 Å². The summed E-state index contributed by atoms with van der Waals surface area (Å²) in [6.07, 6.45) is 8.96. The van der Waals surface area contributed by atoms with Crippen LogP contribution in [0.3, 0.4) is 0 Å². The summed E-state index contributed by atoms with van der Waals surface area (Å²) in [4.78, 5) is 30.7. The molecule has 7 nitrogen and oxygen atoms in total. The van der Waals surface area contributed by atoms with Crippen LogP contribution in [0, 0.1) is 6.92 Å². The Morgan fingerprint density at radius 3 is 2.62 bits per heavy atom. The molecule has 0 aliphatic carbocycles. The van der Waals surface area contributed by atoms with Gasteiger partial charge in [-0.25, -0.2) is 15.0 Å². The van der Waals surface area contributed by atoms with Crippen LogP contribution < -0.4 is 10.9 Å². The van der Waals surface area contributed by atoms with E-state index in [0.29, 0.717) is 22.8 Å². The summed E-state index contributed by atoms with van der Waals surface area (Å²) in [7, 11) is 2.19. The highest BCUT2D eigenvalue weighted by molar-refractivity contribution is 5.95. The van der Waals surface area contributed by atoms with E-state index in [-0.39, 0.29) is 5.56 Å². The highest BCUT2D eigenvalue weighted by Crippen LogP contribution is 2.32. The van der Waals surface area contributed by atoms with Gasteiger partial charge in [0.15, 0.2) is 0 Å². The molecular weight excluding hydrogens is 400 g/mol. The number of nitrogens with one attached hydrogen (secondary N) is 2.